The van der Waals surface area contributed by atoms with Gasteiger partial charge in [-0.05, 0) is 43.9 Å². The van der Waals surface area contributed by atoms with E-state index in [9.17, 15) is 8.42 Å². The number of primary sulfonamides is 1. The largest absolute Gasteiger partial charge is 0.495 e. The van der Waals surface area contributed by atoms with E-state index in [1.54, 1.807) is 19.2 Å². The van der Waals surface area contributed by atoms with Crippen molar-refractivity contribution in [1.29, 1.82) is 0 Å². The van der Waals surface area contributed by atoms with E-state index in [1.165, 1.54) is 38.2 Å². The van der Waals surface area contributed by atoms with Crippen LogP contribution in [0, 0.1) is 5.92 Å². The van der Waals surface area contributed by atoms with Gasteiger partial charge in [-0.2, -0.15) is 0 Å². The number of rotatable bonds is 5. The minimum atomic E-state index is -3.71. The molecule has 0 bridgehead atoms. The van der Waals surface area contributed by atoms with Gasteiger partial charge in [0.05, 0.1) is 17.7 Å². The SMILES string of the molecule is COc1ccc(S(N)(=O)=O)cc1NC(C)C1CCCCC1. The van der Waals surface area contributed by atoms with Crippen molar-refractivity contribution >= 4 is 15.7 Å². The molecule has 0 radical (unpaired) electrons. The van der Waals surface area contributed by atoms with Crippen molar-refractivity contribution in [1.82, 2.24) is 0 Å². The molecule has 0 saturated heterocycles. The summed E-state index contributed by atoms with van der Waals surface area (Å²) in [5.41, 5.74) is 0.682. The number of hydrogen-bond acceptors (Lipinski definition) is 4. The van der Waals surface area contributed by atoms with Crippen LogP contribution in [-0.2, 0) is 10.0 Å². The van der Waals surface area contributed by atoms with E-state index in [0.717, 1.165) is 0 Å². The van der Waals surface area contributed by atoms with E-state index in [4.69, 9.17) is 9.88 Å². The second-order valence-corrected chi connectivity index (χ2v) is 7.30. The van der Waals surface area contributed by atoms with Gasteiger partial charge in [0.25, 0.3) is 0 Å². The fourth-order valence-electron chi connectivity index (χ4n) is 2.97. The quantitative estimate of drug-likeness (QED) is 0.876. The van der Waals surface area contributed by atoms with Crippen molar-refractivity contribution in [3.63, 3.8) is 0 Å². The second-order valence-electron chi connectivity index (χ2n) is 5.74. The van der Waals surface area contributed by atoms with Gasteiger partial charge in [0.2, 0.25) is 10.0 Å². The summed E-state index contributed by atoms with van der Waals surface area (Å²) in [4.78, 5) is 0.0987. The lowest BCUT2D eigenvalue weighted by Crippen LogP contribution is -2.28. The Kier molecular flexibility index (Phi) is 5.11. The molecule has 1 unspecified atom stereocenters. The molecule has 6 heteroatoms. The summed E-state index contributed by atoms with van der Waals surface area (Å²) in [5, 5.41) is 8.59. The maximum atomic E-state index is 11.5. The molecule has 118 valence electrons. The van der Waals surface area contributed by atoms with Gasteiger partial charge in [-0.3, -0.25) is 0 Å². The molecular formula is C15H24N2O3S. The Bertz CT molecular complexity index is 581. The Morgan fingerprint density at radius 3 is 2.52 bits per heavy atom. The summed E-state index contributed by atoms with van der Waals surface area (Å²) in [7, 11) is -2.13. The number of methoxy groups -OCH3 is 1. The highest BCUT2D eigenvalue weighted by molar-refractivity contribution is 7.89. The van der Waals surface area contributed by atoms with E-state index in [-0.39, 0.29) is 10.9 Å². The standard InChI is InChI=1S/C15H24N2O3S/c1-11(12-6-4-3-5-7-12)17-14-10-13(21(16,18)19)8-9-15(14)20-2/h8-12,17H,3-7H2,1-2H3,(H2,16,18,19). The lowest BCUT2D eigenvalue weighted by Gasteiger charge is -2.29. The number of anilines is 1. The van der Waals surface area contributed by atoms with Gasteiger partial charge in [0.15, 0.2) is 0 Å². The van der Waals surface area contributed by atoms with Gasteiger partial charge in [0.1, 0.15) is 5.75 Å². The van der Waals surface area contributed by atoms with Gasteiger partial charge >= 0.3 is 0 Å². The first-order chi connectivity index (χ1) is 9.91. The van der Waals surface area contributed by atoms with E-state index in [0.29, 0.717) is 17.4 Å². The molecule has 1 aliphatic carbocycles. The normalized spacial score (nSPS) is 18.2. The number of benzene rings is 1. The zero-order chi connectivity index (χ0) is 15.5. The highest BCUT2D eigenvalue weighted by Crippen LogP contribution is 2.32. The predicted octanol–water partition coefficient (Wildman–Crippen LogP) is 2.72. The van der Waals surface area contributed by atoms with Crippen LogP contribution in [0.1, 0.15) is 39.0 Å². The van der Waals surface area contributed by atoms with Crippen molar-refractivity contribution in [2.75, 3.05) is 12.4 Å². The van der Waals surface area contributed by atoms with Crippen LogP contribution in [0.4, 0.5) is 5.69 Å². The highest BCUT2D eigenvalue weighted by atomic mass is 32.2. The molecule has 3 N–H and O–H groups in total. The van der Waals surface area contributed by atoms with Crippen LogP contribution >= 0.6 is 0 Å². The van der Waals surface area contributed by atoms with Crippen molar-refractivity contribution < 1.29 is 13.2 Å². The maximum absolute atomic E-state index is 11.5. The van der Waals surface area contributed by atoms with Crippen LogP contribution in [-0.4, -0.2) is 21.6 Å². The number of ether oxygens (including phenoxy) is 1. The first kappa shape index (κ1) is 16.1. The van der Waals surface area contributed by atoms with Crippen molar-refractivity contribution in [3.05, 3.63) is 18.2 Å². The minimum Gasteiger partial charge on any atom is -0.495 e. The lowest BCUT2D eigenvalue weighted by molar-refractivity contribution is 0.327. The summed E-state index contributed by atoms with van der Waals surface area (Å²) in [6, 6.07) is 4.92. The number of nitrogens with one attached hydrogen (secondary N) is 1. The van der Waals surface area contributed by atoms with Gasteiger partial charge in [-0.15, -0.1) is 0 Å². The van der Waals surface area contributed by atoms with E-state index in [1.807, 2.05) is 0 Å². The lowest BCUT2D eigenvalue weighted by atomic mass is 9.84. The Morgan fingerprint density at radius 2 is 1.95 bits per heavy atom. The summed E-state index contributed by atoms with van der Waals surface area (Å²) < 4.78 is 28.3. The molecule has 2 rings (SSSR count). The van der Waals surface area contributed by atoms with Crippen LogP contribution in [0.2, 0.25) is 0 Å². The molecule has 21 heavy (non-hydrogen) atoms. The highest BCUT2D eigenvalue weighted by Gasteiger charge is 2.21. The molecular weight excluding hydrogens is 288 g/mol. The zero-order valence-electron chi connectivity index (χ0n) is 12.6. The molecule has 1 aromatic rings. The van der Waals surface area contributed by atoms with E-state index in [2.05, 4.69) is 12.2 Å². The number of hydrogen-bond donors (Lipinski definition) is 2. The first-order valence-electron chi connectivity index (χ1n) is 7.39. The molecule has 0 spiro atoms. The van der Waals surface area contributed by atoms with E-state index < -0.39 is 10.0 Å². The van der Waals surface area contributed by atoms with Gasteiger partial charge in [0, 0.05) is 6.04 Å². The van der Waals surface area contributed by atoms with Crippen molar-refractivity contribution in [2.45, 2.75) is 50.0 Å². The maximum Gasteiger partial charge on any atom is 0.238 e. The zero-order valence-corrected chi connectivity index (χ0v) is 13.4. The number of sulfonamides is 1. The predicted molar refractivity (Wildman–Crippen MR) is 84.0 cm³/mol. The number of nitrogens with two attached hydrogens (primary N) is 1. The summed E-state index contributed by atoms with van der Waals surface area (Å²) in [5.74, 6) is 1.24. The topological polar surface area (TPSA) is 81.4 Å². The average Bonchev–Trinajstić information content (AvgIpc) is 2.47. The summed E-state index contributed by atoms with van der Waals surface area (Å²) in [6.07, 6.45) is 6.28. The fraction of sp³-hybridized carbons (Fsp3) is 0.600. The molecule has 5 nitrogen and oxygen atoms in total. The van der Waals surface area contributed by atoms with Gasteiger partial charge in [-0.25, -0.2) is 13.6 Å². The molecule has 1 aliphatic rings. The molecule has 0 aromatic heterocycles. The fourth-order valence-corrected chi connectivity index (χ4v) is 3.51. The summed E-state index contributed by atoms with van der Waals surface area (Å²) in [6.45, 7) is 2.14. The van der Waals surface area contributed by atoms with Crippen LogP contribution < -0.4 is 15.2 Å². The molecule has 1 atom stereocenters. The monoisotopic (exact) mass is 312 g/mol. The minimum absolute atomic E-state index is 0.0987. The average molecular weight is 312 g/mol. The van der Waals surface area contributed by atoms with Crippen LogP contribution in [0.25, 0.3) is 0 Å². The van der Waals surface area contributed by atoms with Crippen LogP contribution in [0.3, 0.4) is 0 Å². The Morgan fingerprint density at radius 1 is 1.29 bits per heavy atom. The smallest absolute Gasteiger partial charge is 0.238 e. The van der Waals surface area contributed by atoms with Gasteiger partial charge in [-0.1, -0.05) is 19.3 Å². The van der Waals surface area contributed by atoms with Crippen molar-refractivity contribution in [3.8, 4) is 5.75 Å². The van der Waals surface area contributed by atoms with Crippen molar-refractivity contribution in [2.24, 2.45) is 11.1 Å². The third kappa shape index (κ3) is 4.11. The molecule has 1 saturated carbocycles. The molecule has 0 heterocycles. The first-order valence-corrected chi connectivity index (χ1v) is 8.94. The molecule has 1 fully saturated rings. The third-order valence-corrected chi connectivity index (χ3v) is 5.15. The Balaban J connectivity index is 2.20. The molecule has 0 amide bonds. The second kappa shape index (κ2) is 6.66. The Hall–Kier alpha value is -1.27. The molecule has 0 aliphatic heterocycles. The molecule has 1 aromatic carbocycles. The van der Waals surface area contributed by atoms with E-state index >= 15 is 0 Å². The summed E-state index contributed by atoms with van der Waals surface area (Å²) >= 11 is 0. The third-order valence-electron chi connectivity index (χ3n) is 4.24. The van der Waals surface area contributed by atoms with Crippen LogP contribution in [0.15, 0.2) is 23.1 Å². The van der Waals surface area contributed by atoms with Gasteiger partial charge < -0.3 is 10.1 Å². The Labute approximate surface area is 126 Å². The van der Waals surface area contributed by atoms with Crippen LogP contribution in [0.5, 0.6) is 5.75 Å².